The Labute approximate surface area is 301 Å². The summed E-state index contributed by atoms with van der Waals surface area (Å²) in [7, 11) is 0. The van der Waals surface area contributed by atoms with Crippen LogP contribution in [0.2, 0.25) is 0 Å². The molecule has 6 bridgehead atoms. The first kappa shape index (κ1) is 28.1. The van der Waals surface area contributed by atoms with Gasteiger partial charge in [0.1, 0.15) is 0 Å². The van der Waals surface area contributed by atoms with Gasteiger partial charge in [0.2, 0.25) is 0 Å². The van der Waals surface area contributed by atoms with Crippen molar-refractivity contribution >= 4 is 38.1 Å². The van der Waals surface area contributed by atoms with Gasteiger partial charge in [-0.1, -0.05) is 32.9 Å². The fourth-order valence-electron chi connectivity index (χ4n) is 16.3. The van der Waals surface area contributed by atoms with Crippen LogP contribution >= 0.6 is 0 Å². The largest absolute Gasteiger partial charge is 0.305 e. The highest BCUT2D eigenvalue weighted by molar-refractivity contribution is 6.26. The molecule has 0 saturated heterocycles. The normalized spacial score (nSPS) is 37.7. The van der Waals surface area contributed by atoms with E-state index in [-0.39, 0.29) is 5.41 Å². The molecule has 0 radical (unpaired) electrons. The van der Waals surface area contributed by atoms with E-state index < -0.39 is 0 Å². The molecule has 10 atom stereocenters. The molecule has 4 heterocycles. The Morgan fingerprint density at radius 1 is 0.608 bits per heavy atom. The topological polar surface area (TPSA) is 30.2 Å². The van der Waals surface area contributed by atoms with Gasteiger partial charge < -0.3 is 4.40 Å². The van der Waals surface area contributed by atoms with Crippen molar-refractivity contribution in [1.29, 1.82) is 0 Å². The predicted octanol–water partition coefficient (Wildman–Crippen LogP) is 12.0. The third-order valence-corrected chi connectivity index (χ3v) is 18.1. The number of hydrogen-bond donors (Lipinski definition) is 0. The van der Waals surface area contributed by atoms with E-state index in [4.69, 9.17) is 9.97 Å². The van der Waals surface area contributed by atoms with Crippen molar-refractivity contribution < 1.29 is 0 Å². The van der Waals surface area contributed by atoms with Crippen LogP contribution in [0.5, 0.6) is 0 Å². The molecule has 6 aromatic rings. The predicted molar refractivity (Wildman–Crippen MR) is 206 cm³/mol. The van der Waals surface area contributed by atoms with Crippen molar-refractivity contribution in [2.45, 2.75) is 128 Å². The molecule has 8 aliphatic carbocycles. The van der Waals surface area contributed by atoms with Gasteiger partial charge in [-0.05, 0) is 181 Å². The van der Waals surface area contributed by atoms with Gasteiger partial charge >= 0.3 is 0 Å². The van der Waals surface area contributed by atoms with E-state index in [1.807, 2.05) is 0 Å². The van der Waals surface area contributed by atoms with Crippen LogP contribution in [0.4, 0.5) is 0 Å². The van der Waals surface area contributed by atoms with E-state index in [1.165, 1.54) is 131 Å². The molecule has 0 N–H and O–H groups in total. The van der Waals surface area contributed by atoms with Crippen molar-refractivity contribution in [3.05, 3.63) is 75.9 Å². The molecule has 4 aromatic heterocycles. The van der Waals surface area contributed by atoms with Gasteiger partial charge in [-0.25, -0.2) is 0 Å². The molecular formula is C48H49N3. The molecule has 2 spiro atoms. The summed E-state index contributed by atoms with van der Waals surface area (Å²) >= 11 is 0. The molecule has 2 aromatic carbocycles. The van der Waals surface area contributed by atoms with E-state index in [2.05, 4.69) is 75.7 Å². The second-order valence-electron chi connectivity index (χ2n) is 20.9. The number of fused-ring (bicyclic) bond motifs is 18. The first-order valence-electron chi connectivity index (χ1n) is 20.8. The minimum absolute atomic E-state index is 0.130. The van der Waals surface area contributed by atoms with Gasteiger partial charge in [-0.3, -0.25) is 9.97 Å². The fraction of sp³-hybridized carbons (Fsp3) is 0.542. The van der Waals surface area contributed by atoms with Crippen LogP contribution in [-0.2, 0) is 5.41 Å². The first-order chi connectivity index (χ1) is 24.6. The van der Waals surface area contributed by atoms with E-state index in [0.29, 0.717) is 34.5 Å². The van der Waals surface area contributed by atoms with Crippen molar-refractivity contribution in [3.63, 3.8) is 0 Å². The van der Waals surface area contributed by atoms with Gasteiger partial charge in [0.05, 0.1) is 28.9 Å². The summed E-state index contributed by atoms with van der Waals surface area (Å²) in [5.41, 5.74) is 18.9. The van der Waals surface area contributed by atoms with Gasteiger partial charge in [-0.2, -0.15) is 0 Å². The van der Waals surface area contributed by atoms with E-state index >= 15 is 0 Å². The van der Waals surface area contributed by atoms with Crippen LogP contribution in [0.3, 0.4) is 0 Å². The average Bonchev–Trinajstić information content (AvgIpc) is 3.87. The van der Waals surface area contributed by atoms with Crippen molar-refractivity contribution in [2.24, 2.45) is 34.5 Å². The fourth-order valence-corrected chi connectivity index (χ4v) is 16.3. The van der Waals surface area contributed by atoms with Crippen LogP contribution in [0.25, 0.3) is 49.2 Å². The summed E-state index contributed by atoms with van der Waals surface area (Å²) in [5, 5.41) is 6.08. The first-order valence-corrected chi connectivity index (χ1v) is 20.8. The molecule has 6 fully saturated rings. The highest BCUT2D eigenvalue weighted by atomic mass is 15.0. The van der Waals surface area contributed by atoms with E-state index in [0.717, 1.165) is 23.7 Å². The van der Waals surface area contributed by atoms with Crippen molar-refractivity contribution in [3.8, 4) is 11.1 Å². The van der Waals surface area contributed by atoms with E-state index in [1.54, 1.807) is 21.9 Å². The average molecular weight is 668 g/mol. The lowest BCUT2D eigenvalue weighted by Crippen LogP contribution is -2.41. The van der Waals surface area contributed by atoms with Gasteiger partial charge in [-0.15, -0.1) is 0 Å². The lowest BCUT2D eigenvalue weighted by atomic mass is 9.56. The summed E-state index contributed by atoms with van der Waals surface area (Å²) < 4.78 is 2.67. The lowest BCUT2D eigenvalue weighted by Gasteiger charge is -2.48. The molecule has 3 nitrogen and oxygen atoms in total. The maximum atomic E-state index is 5.54. The molecule has 8 aliphatic rings. The molecule has 10 unspecified atom stereocenters. The standard InChI is InChI=1S/C48H49N3/c1-22-6-29(46(3,4)5)7-23(2)38(22)24-12-34-41-36(20-49-43-27-10-32-14-30-8-25(39(41)43)16-47(30,32)18-27)51-37-21-50-44-28-11-33-15-31-9-26(17-48(31,33)19-28)40(44)42(37)35(13-24)45(34)51/h6-7,12-13,20-21,25-28,30-33H,8-11,14-19H2,1-5H3. The van der Waals surface area contributed by atoms with Gasteiger partial charge in [0.25, 0.3) is 0 Å². The minimum atomic E-state index is 0.130. The Morgan fingerprint density at radius 3 is 1.53 bits per heavy atom. The monoisotopic (exact) mass is 667 g/mol. The number of pyridine rings is 2. The number of hydrogen-bond acceptors (Lipinski definition) is 2. The third-order valence-electron chi connectivity index (χ3n) is 18.1. The summed E-state index contributed by atoms with van der Waals surface area (Å²) in [6.45, 7) is 11.8. The molecule has 51 heavy (non-hydrogen) atoms. The van der Waals surface area contributed by atoms with Crippen LogP contribution < -0.4 is 0 Å². The second kappa shape index (κ2) is 8.35. The minimum Gasteiger partial charge on any atom is -0.305 e. The number of aryl methyl sites for hydroxylation is 2. The smallest absolute Gasteiger partial charge is 0.0728 e. The summed E-state index contributed by atoms with van der Waals surface area (Å²) in [4.78, 5) is 11.1. The maximum Gasteiger partial charge on any atom is 0.0728 e. The van der Waals surface area contributed by atoms with Crippen LogP contribution in [0.1, 0.15) is 148 Å². The van der Waals surface area contributed by atoms with E-state index in [9.17, 15) is 0 Å². The molecule has 256 valence electrons. The Hall–Kier alpha value is -3.46. The Morgan fingerprint density at radius 2 is 1.06 bits per heavy atom. The Kier molecular flexibility index (Phi) is 4.60. The third kappa shape index (κ3) is 2.96. The molecule has 14 rings (SSSR count). The zero-order valence-corrected chi connectivity index (χ0v) is 31.0. The molecular weight excluding hydrogens is 619 g/mol. The number of rotatable bonds is 1. The number of nitrogens with zero attached hydrogens (tertiary/aromatic N) is 3. The second-order valence-corrected chi connectivity index (χ2v) is 20.9. The quantitative estimate of drug-likeness (QED) is 0.175. The number of aromatic nitrogens is 3. The molecule has 0 aliphatic heterocycles. The van der Waals surface area contributed by atoms with Crippen molar-refractivity contribution in [1.82, 2.24) is 14.4 Å². The SMILES string of the molecule is Cc1cc(C(C)(C)C)cc(C)c1-c1cc2c3c4c(ncc3n3c5cnc6c(c5c(c1)c23)C1CC2CC3CC6CC32C1)C1CC2CC3CC4CC23C1. The summed E-state index contributed by atoms with van der Waals surface area (Å²) in [6.07, 6.45) is 18.8. The maximum absolute atomic E-state index is 5.54. The Balaban J connectivity index is 1.12. The molecule has 3 heteroatoms. The molecule has 6 saturated carbocycles. The summed E-state index contributed by atoms with van der Waals surface area (Å²) in [6, 6.07) is 10.2. The van der Waals surface area contributed by atoms with Gasteiger partial charge in [0, 0.05) is 44.8 Å². The Bertz CT molecular complexity index is 2470. The zero-order valence-electron chi connectivity index (χ0n) is 31.0. The number of benzene rings is 2. The van der Waals surface area contributed by atoms with Crippen molar-refractivity contribution in [2.75, 3.05) is 0 Å². The zero-order chi connectivity index (χ0) is 33.7. The van der Waals surface area contributed by atoms with Gasteiger partial charge in [0.15, 0.2) is 0 Å². The highest BCUT2D eigenvalue weighted by Gasteiger charge is 2.67. The van der Waals surface area contributed by atoms with Crippen LogP contribution in [-0.4, -0.2) is 14.4 Å². The lowest BCUT2D eigenvalue weighted by molar-refractivity contribution is 0.00321. The van der Waals surface area contributed by atoms with Crippen LogP contribution in [0.15, 0.2) is 36.7 Å². The highest BCUT2D eigenvalue weighted by Crippen LogP contribution is 2.77. The molecule has 0 amide bonds. The van der Waals surface area contributed by atoms with Crippen LogP contribution in [0, 0.1) is 48.3 Å². The summed E-state index contributed by atoms with van der Waals surface area (Å²) in [5.74, 6) is 6.48.